The fourth-order valence-corrected chi connectivity index (χ4v) is 4.02. The van der Waals surface area contributed by atoms with Gasteiger partial charge in [-0.1, -0.05) is 12.1 Å². The number of nitro groups is 1. The van der Waals surface area contributed by atoms with Gasteiger partial charge in [0.25, 0.3) is 5.69 Å². The van der Waals surface area contributed by atoms with Crippen LogP contribution in [0.15, 0.2) is 42.5 Å². The van der Waals surface area contributed by atoms with E-state index in [1.54, 1.807) is 19.2 Å². The van der Waals surface area contributed by atoms with Crippen molar-refractivity contribution in [2.75, 3.05) is 17.9 Å². The maximum Gasteiger partial charge on any atom is 0.269 e. The molecule has 0 aromatic heterocycles. The zero-order valence-corrected chi connectivity index (χ0v) is 16.5. The Bertz CT molecular complexity index is 841. The second-order valence-electron chi connectivity index (χ2n) is 6.97. The van der Waals surface area contributed by atoms with Crippen LogP contribution in [-0.2, 0) is 17.8 Å². The first-order valence-corrected chi connectivity index (χ1v) is 9.79. The molecule has 2 aromatic rings. The molecule has 0 bridgehead atoms. The van der Waals surface area contributed by atoms with Crippen LogP contribution in [0.1, 0.15) is 24.0 Å². The van der Waals surface area contributed by atoms with Crippen LogP contribution in [-0.4, -0.2) is 30.2 Å². The number of carbonyl (C=O) groups is 1. The number of benzene rings is 2. The fourth-order valence-electron chi connectivity index (χ4n) is 3.86. The first kappa shape index (κ1) is 20.1. The maximum absolute atomic E-state index is 12.0. The second-order valence-corrected chi connectivity index (χ2v) is 7.35. The number of rotatable bonds is 8. The Morgan fingerprint density at radius 2 is 2.04 bits per heavy atom. The number of fused-ring (bicyclic) bond motifs is 1. The summed E-state index contributed by atoms with van der Waals surface area (Å²) >= 11 is 5.87. The summed E-state index contributed by atoms with van der Waals surface area (Å²) in [6, 6.07) is 12.3. The number of methoxy groups -OCH3 is 1. The van der Waals surface area contributed by atoms with Crippen molar-refractivity contribution >= 4 is 29.3 Å². The second kappa shape index (κ2) is 9.06. The van der Waals surface area contributed by atoms with Crippen molar-refractivity contribution in [3.8, 4) is 5.75 Å². The summed E-state index contributed by atoms with van der Waals surface area (Å²) in [4.78, 5) is 24.9. The summed E-state index contributed by atoms with van der Waals surface area (Å²) in [5.41, 5.74) is 2.89. The number of nitro benzene ring substituents is 1. The van der Waals surface area contributed by atoms with Gasteiger partial charge in [-0.25, -0.2) is 0 Å². The maximum atomic E-state index is 12.0. The van der Waals surface area contributed by atoms with Gasteiger partial charge in [0, 0.05) is 30.2 Å². The van der Waals surface area contributed by atoms with Crippen LogP contribution in [0.2, 0.25) is 0 Å². The van der Waals surface area contributed by atoms with E-state index in [0.717, 1.165) is 41.7 Å². The SMILES string of the molecule is COc1ccc(CN2c3ccc([N+](=O)[O-])cc3CC(CCCCl)C2C=O)cc1. The average Bonchev–Trinajstić information content (AvgIpc) is 2.72. The highest BCUT2D eigenvalue weighted by molar-refractivity contribution is 6.17. The normalized spacial score (nSPS) is 18.4. The van der Waals surface area contributed by atoms with Gasteiger partial charge in [-0.15, -0.1) is 11.6 Å². The summed E-state index contributed by atoms with van der Waals surface area (Å²) in [5, 5.41) is 11.2. The highest BCUT2D eigenvalue weighted by Crippen LogP contribution is 2.38. The Morgan fingerprint density at radius 1 is 1.29 bits per heavy atom. The molecule has 1 heterocycles. The summed E-state index contributed by atoms with van der Waals surface area (Å²) in [5.74, 6) is 1.37. The lowest BCUT2D eigenvalue weighted by atomic mass is 9.83. The summed E-state index contributed by atoms with van der Waals surface area (Å²) in [7, 11) is 1.62. The minimum Gasteiger partial charge on any atom is -0.497 e. The van der Waals surface area contributed by atoms with Crippen molar-refractivity contribution in [3.63, 3.8) is 0 Å². The largest absolute Gasteiger partial charge is 0.497 e. The molecule has 0 spiro atoms. The zero-order chi connectivity index (χ0) is 20.1. The minimum absolute atomic E-state index is 0.0730. The van der Waals surface area contributed by atoms with Crippen LogP contribution in [0, 0.1) is 16.0 Å². The van der Waals surface area contributed by atoms with Crippen LogP contribution < -0.4 is 9.64 Å². The highest BCUT2D eigenvalue weighted by Gasteiger charge is 2.34. The van der Waals surface area contributed by atoms with Crippen molar-refractivity contribution in [2.45, 2.75) is 31.8 Å². The number of hydrogen-bond acceptors (Lipinski definition) is 5. The Morgan fingerprint density at radius 3 is 2.64 bits per heavy atom. The number of halogens is 1. The van der Waals surface area contributed by atoms with Gasteiger partial charge in [0.15, 0.2) is 0 Å². The molecule has 0 saturated heterocycles. The van der Waals surface area contributed by atoms with Crippen LogP contribution in [0.4, 0.5) is 11.4 Å². The van der Waals surface area contributed by atoms with Crippen LogP contribution in [0.25, 0.3) is 0 Å². The Kier molecular flexibility index (Phi) is 6.52. The molecular formula is C21H23ClN2O4. The average molecular weight is 403 g/mol. The summed E-state index contributed by atoms with van der Waals surface area (Å²) < 4.78 is 5.21. The first-order chi connectivity index (χ1) is 13.6. The topological polar surface area (TPSA) is 72.7 Å². The van der Waals surface area contributed by atoms with E-state index in [9.17, 15) is 14.9 Å². The number of anilines is 1. The minimum atomic E-state index is -0.381. The molecule has 28 heavy (non-hydrogen) atoms. The van der Waals surface area contributed by atoms with E-state index in [2.05, 4.69) is 4.90 Å². The van der Waals surface area contributed by atoms with Gasteiger partial charge in [0.05, 0.1) is 18.1 Å². The molecule has 0 radical (unpaired) electrons. The number of carbonyl (C=O) groups excluding carboxylic acids is 1. The van der Waals surface area contributed by atoms with Crippen molar-refractivity contribution in [1.82, 2.24) is 0 Å². The predicted octanol–water partition coefficient (Wildman–Crippen LogP) is 4.37. The van der Waals surface area contributed by atoms with Gasteiger partial charge in [-0.2, -0.15) is 0 Å². The molecule has 2 aromatic carbocycles. The molecule has 7 heteroatoms. The van der Waals surface area contributed by atoms with Crippen LogP contribution in [0.5, 0.6) is 5.75 Å². The van der Waals surface area contributed by atoms with Crippen molar-refractivity contribution in [2.24, 2.45) is 5.92 Å². The Balaban J connectivity index is 1.97. The van der Waals surface area contributed by atoms with E-state index in [4.69, 9.17) is 16.3 Å². The first-order valence-electron chi connectivity index (χ1n) is 9.25. The van der Waals surface area contributed by atoms with Gasteiger partial charge in [0.1, 0.15) is 12.0 Å². The third-order valence-corrected chi connectivity index (χ3v) is 5.54. The standard InChI is InChI=1S/C21H23ClN2O4/c1-28-19-7-4-15(5-8-19)13-23-20-9-6-18(24(26)27)12-17(20)11-16(3-2-10-22)21(23)14-25/h4-9,12,14,16,21H,2-3,10-11,13H2,1H3. The number of aldehydes is 1. The van der Waals surface area contributed by atoms with E-state index in [1.165, 1.54) is 6.07 Å². The van der Waals surface area contributed by atoms with E-state index in [1.807, 2.05) is 24.3 Å². The fraction of sp³-hybridized carbons (Fsp3) is 0.381. The number of hydrogen-bond donors (Lipinski definition) is 0. The lowest BCUT2D eigenvalue weighted by Crippen LogP contribution is -2.46. The molecule has 1 aliphatic rings. The van der Waals surface area contributed by atoms with Crippen LogP contribution >= 0.6 is 11.6 Å². The monoisotopic (exact) mass is 402 g/mol. The molecule has 6 nitrogen and oxygen atoms in total. The number of alkyl halides is 1. The zero-order valence-electron chi connectivity index (χ0n) is 15.7. The van der Waals surface area contributed by atoms with Crippen molar-refractivity contribution in [1.29, 1.82) is 0 Å². The van der Waals surface area contributed by atoms with Crippen molar-refractivity contribution < 1.29 is 14.5 Å². The summed E-state index contributed by atoms with van der Waals surface area (Å²) in [6.45, 7) is 0.537. The smallest absolute Gasteiger partial charge is 0.269 e. The van der Waals surface area contributed by atoms with Crippen molar-refractivity contribution in [3.05, 3.63) is 63.7 Å². The van der Waals surface area contributed by atoms with E-state index in [0.29, 0.717) is 18.8 Å². The number of ether oxygens (including phenoxy) is 1. The molecule has 0 fully saturated rings. The van der Waals surface area contributed by atoms with Crippen LogP contribution in [0.3, 0.4) is 0 Å². The quantitative estimate of drug-likeness (QED) is 0.284. The molecular weight excluding hydrogens is 380 g/mol. The molecule has 1 aliphatic heterocycles. The molecule has 3 rings (SSSR count). The van der Waals surface area contributed by atoms with E-state index < -0.39 is 0 Å². The Hall–Kier alpha value is -2.60. The predicted molar refractivity (Wildman–Crippen MR) is 109 cm³/mol. The molecule has 148 valence electrons. The van der Waals surface area contributed by atoms with Gasteiger partial charge in [-0.3, -0.25) is 10.1 Å². The highest BCUT2D eigenvalue weighted by atomic mass is 35.5. The third-order valence-electron chi connectivity index (χ3n) is 5.27. The van der Waals surface area contributed by atoms with Gasteiger partial charge in [-0.05, 0) is 54.5 Å². The van der Waals surface area contributed by atoms with E-state index >= 15 is 0 Å². The lowest BCUT2D eigenvalue weighted by molar-refractivity contribution is -0.384. The Labute approximate surface area is 169 Å². The summed E-state index contributed by atoms with van der Waals surface area (Å²) in [6.07, 6.45) is 3.23. The number of non-ortho nitro benzene ring substituents is 1. The van der Waals surface area contributed by atoms with Gasteiger partial charge in [0.2, 0.25) is 0 Å². The number of nitrogens with zero attached hydrogens (tertiary/aromatic N) is 2. The molecule has 0 amide bonds. The molecule has 0 saturated carbocycles. The third kappa shape index (κ3) is 4.28. The van der Waals surface area contributed by atoms with Gasteiger partial charge < -0.3 is 14.4 Å². The van der Waals surface area contributed by atoms with E-state index in [-0.39, 0.29) is 22.6 Å². The van der Waals surface area contributed by atoms with Gasteiger partial charge >= 0.3 is 0 Å². The lowest BCUT2D eigenvalue weighted by Gasteiger charge is -2.41. The molecule has 0 N–H and O–H groups in total. The molecule has 2 atom stereocenters. The molecule has 2 unspecified atom stereocenters. The molecule has 0 aliphatic carbocycles.